The maximum atomic E-state index is 13.3. The number of H-pyrrole nitrogens is 1. The number of methoxy groups -OCH3 is 2. The van der Waals surface area contributed by atoms with Crippen molar-refractivity contribution in [2.45, 2.75) is 71.7 Å². The fourth-order valence-corrected chi connectivity index (χ4v) is 5.68. The molecule has 3 heterocycles. The third-order valence-corrected chi connectivity index (χ3v) is 8.13. The summed E-state index contributed by atoms with van der Waals surface area (Å²) in [5.41, 5.74) is 4.95. The Morgan fingerprint density at radius 2 is 1.93 bits per heavy atom. The Hall–Kier alpha value is -3.76. The summed E-state index contributed by atoms with van der Waals surface area (Å²) in [5.74, 6) is 2.18. The van der Waals surface area contributed by atoms with Gasteiger partial charge in [0, 0.05) is 30.8 Å². The predicted molar refractivity (Wildman–Crippen MR) is 158 cm³/mol. The number of nitrogens with zero attached hydrogens (tertiary/aromatic N) is 5. The van der Waals surface area contributed by atoms with Gasteiger partial charge in [-0.25, -0.2) is 4.68 Å². The third kappa shape index (κ3) is 6.44. The van der Waals surface area contributed by atoms with Crippen LogP contribution in [0.15, 0.2) is 41.2 Å². The number of rotatable bonds is 12. The van der Waals surface area contributed by atoms with Crippen molar-refractivity contribution >= 4 is 10.9 Å². The maximum absolute atomic E-state index is 13.3. The van der Waals surface area contributed by atoms with Crippen molar-refractivity contribution in [1.29, 1.82) is 0 Å². The molecule has 1 aliphatic heterocycles. The highest BCUT2D eigenvalue weighted by Gasteiger charge is 2.28. The van der Waals surface area contributed by atoms with Crippen LogP contribution < -0.4 is 15.0 Å². The fraction of sp³-hybridized carbons (Fsp3) is 0.484. The summed E-state index contributed by atoms with van der Waals surface area (Å²) >= 11 is 0. The van der Waals surface area contributed by atoms with Crippen LogP contribution in [0.2, 0.25) is 0 Å². The zero-order chi connectivity index (χ0) is 28.9. The zero-order valence-corrected chi connectivity index (χ0v) is 24.6. The van der Waals surface area contributed by atoms with Gasteiger partial charge in [-0.2, -0.15) is 0 Å². The number of hydrogen-bond donors (Lipinski definition) is 1. The van der Waals surface area contributed by atoms with Gasteiger partial charge in [-0.15, -0.1) is 5.10 Å². The molecule has 2 aromatic carbocycles. The van der Waals surface area contributed by atoms with Crippen molar-refractivity contribution in [3.05, 3.63) is 74.8 Å². The van der Waals surface area contributed by atoms with E-state index < -0.39 is 0 Å². The highest BCUT2D eigenvalue weighted by atomic mass is 16.5. The molecule has 4 aromatic rings. The molecule has 218 valence electrons. The van der Waals surface area contributed by atoms with E-state index in [9.17, 15) is 4.79 Å². The number of fused-ring (bicyclic) bond motifs is 1. The van der Waals surface area contributed by atoms with E-state index in [-0.39, 0.29) is 17.7 Å². The first-order valence-corrected chi connectivity index (χ1v) is 14.4. The van der Waals surface area contributed by atoms with E-state index in [1.165, 1.54) is 5.56 Å². The van der Waals surface area contributed by atoms with Crippen molar-refractivity contribution in [3.8, 4) is 11.5 Å². The molecule has 1 aliphatic rings. The number of nitrogens with one attached hydrogen (secondary N) is 1. The number of aromatic nitrogens is 5. The second kappa shape index (κ2) is 12.8. The number of benzene rings is 2. The summed E-state index contributed by atoms with van der Waals surface area (Å²) < 4.78 is 18.7. The van der Waals surface area contributed by atoms with Gasteiger partial charge in [0.05, 0.1) is 32.9 Å². The second-order valence-corrected chi connectivity index (χ2v) is 10.8. The summed E-state index contributed by atoms with van der Waals surface area (Å²) in [5, 5.41) is 13.9. The van der Waals surface area contributed by atoms with E-state index in [1.54, 1.807) is 14.2 Å². The average molecular weight is 561 g/mol. The van der Waals surface area contributed by atoms with Gasteiger partial charge in [0.2, 0.25) is 0 Å². The first-order chi connectivity index (χ1) is 19.9. The summed E-state index contributed by atoms with van der Waals surface area (Å²) in [6.07, 6.45) is 3.70. The summed E-state index contributed by atoms with van der Waals surface area (Å²) in [4.78, 5) is 18.7. The largest absolute Gasteiger partial charge is 0.493 e. The number of aryl methyl sites for hydroxylation is 2. The SMILES string of the molecule is CC[C@H](c1nnnn1C[C@@H]1CCCO1)N(CCc1ccc(OC)c(OC)c1)Cc1cc2cc(C)c(C)cc2[nH]c1=O. The first-order valence-electron chi connectivity index (χ1n) is 14.4. The van der Waals surface area contributed by atoms with E-state index in [1.807, 2.05) is 28.9 Å². The van der Waals surface area contributed by atoms with Crippen molar-refractivity contribution in [1.82, 2.24) is 30.1 Å². The lowest BCUT2D eigenvalue weighted by molar-refractivity contribution is 0.0893. The topological polar surface area (TPSA) is 107 Å². The minimum atomic E-state index is -0.0959. The Balaban J connectivity index is 1.48. The van der Waals surface area contributed by atoms with E-state index >= 15 is 0 Å². The molecule has 0 spiro atoms. The molecule has 0 unspecified atom stereocenters. The normalized spacial score (nSPS) is 16.0. The third-order valence-electron chi connectivity index (χ3n) is 8.13. The highest BCUT2D eigenvalue weighted by molar-refractivity contribution is 5.80. The molecule has 41 heavy (non-hydrogen) atoms. The number of hydrogen-bond acceptors (Lipinski definition) is 8. The van der Waals surface area contributed by atoms with Crippen LogP contribution in [-0.2, 0) is 24.2 Å². The molecular formula is C31H40N6O4. The van der Waals surface area contributed by atoms with Gasteiger partial charge in [-0.3, -0.25) is 9.69 Å². The van der Waals surface area contributed by atoms with Gasteiger partial charge in [-0.05, 0) is 102 Å². The molecule has 5 rings (SSSR count). The van der Waals surface area contributed by atoms with Crippen LogP contribution in [0.25, 0.3) is 10.9 Å². The van der Waals surface area contributed by atoms with Crippen molar-refractivity contribution in [2.24, 2.45) is 0 Å². The molecule has 2 atom stereocenters. The van der Waals surface area contributed by atoms with Crippen LogP contribution in [0.5, 0.6) is 11.5 Å². The number of pyridine rings is 1. The van der Waals surface area contributed by atoms with E-state index in [2.05, 4.69) is 58.3 Å². The molecule has 1 N–H and O–H groups in total. The molecule has 1 fully saturated rings. The standard InChI is InChI=1S/C31H40N6O4/c1-6-27(30-33-34-35-37(30)19-25-8-7-13-41-25)36(12-11-22-9-10-28(39-4)29(16-22)40-5)18-24-17-23-14-20(2)21(3)15-26(23)32-31(24)38/h9-10,14-17,25,27H,6-8,11-13,18-19H2,1-5H3,(H,32,38)/t25-,27+/m0/s1. The Kier molecular flexibility index (Phi) is 8.99. The lowest BCUT2D eigenvalue weighted by Crippen LogP contribution is -2.34. The molecule has 0 radical (unpaired) electrons. The molecule has 0 saturated carbocycles. The maximum Gasteiger partial charge on any atom is 0.252 e. The van der Waals surface area contributed by atoms with E-state index in [0.29, 0.717) is 36.7 Å². The first kappa shape index (κ1) is 28.8. The van der Waals surface area contributed by atoms with Gasteiger partial charge >= 0.3 is 0 Å². The van der Waals surface area contributed by atoms with Crippen LogP contribution in [0, 0.1) is 13.8 Å². The highest BCUT2D eigenvalue weighted by Crippen LogP contribution is 2.30. The van der Waals surface area contributed by atoms with Gasteiger partial charge in [0.25, 0.3) is 5.56 Å². The second-order valence-electron chi connectivity index (χ2n) is 10.8. The predicted octanol–water partition coefficient (Wildman–Crippen LogP) is 4.52. The van der Waals surface area contributed by atoms with Gasteiger partial charge in [0.15, 0.2) is 17.3 Å². The monoisotopic (exact) mass is 560 g/mol. The summed E-state index contributed by atoms with van der Waals surface area (Å²) in [6.45, 7) is 8.83. The molecule has 0 bridgehead atoms. The smallest absolute Gasteiger partial charge is 0.252 e. The molecule has 10 heteroatoms. The van der Waals surface area contributed by atoms with Crippen LogP contribution >= 0.6 is 0 Å². The van der Waals surface area contributed by atoms with Crippen molar-refractivity contribution in [2.75, 3.05) is 27.4 Å². The Morgan fingerprint density at radius 3 is 2.66 bits per heavy atom. The number of ether oxygens (including phenoxy) is 3. The van der Waals surface area contributed by atoms with Crippen molar-refractivity contribution in [3.63, 3.8) is 0 Å². The van der Waals surface area contributed by atoms with Crippen LogP contribution in [0.1, 0.15) is 60.3 Å². The number of tetrazole rings is 1. The molecule has 1 saturated heterocycles. The number of aromatic amines is 1. The zero-order valence-electron chi connectivity index (χ0n) is 24.6. The Morgan fingerprint density at radius 1 is 1.12 bits per heavy atom. The molecule has 10 nitrogen and oxygen atoms in total. The van der Waals surface area contributed by atoms with E-state index in [0.717, 1.165) is 60.1 Å². The van der Waals surface area contributed by atoms with Crippen LogP contribution in [-0.4, -0.2) is 63.6 Å². The molecular weight excluding hydrogens is 520 g/mol. The van der Waals surface area contributed by atoms with Gasteiger partial charge < -0.3 is 19.2 Å². The molecule has 0 amide bonds. The van der Waals surface area contributed by atoms with Crippen molar-refractivity contribution < 1.29 is 14.2 Å². The molecule has 0 aliphatic carbocycles. The average Bonchev–Trinajstić information content (AvgIpc) is 3.66. The van der Waals surface area contributed by atoms with E-state index in [4.69, 9.17) is 14.2 Å². The quantitative estimate of drug-likeness (QED) is 0.270. The minimum Gasteiger partial charge on any atom is -0.493 e. The lowest BCUT2D eigenvalue weighted by Gasteiger charge is -2.30. The fourth-order valence-electron chi connectivity index (χ4n) is 5.68. The Labute approximate surface area is 240 Å². The summed E-state index contributed by atoms with van der Waals surface area (Å²) in [6, 6.07) is 12.1. The summed E-state index contributed by atoms with van der Waals surface area (Å²) in [7, 11) is 3.28. The van der Waals surface area contributed by atoms with Crippen LogP contribution in [0.3, 0.4) is 0 Å². The van der Waals surface area contributed by atoms with Gasteiger partial charge in [0.1, 0.15) is 0 Å². The lowest BCUT2D eigenvalue weighted by atomic mass is 10.0. The van der Waals surface area contributed by atoms with Crippen LogP contribution in [0.4, 0.5) is 0 Å². The van der Waals surface area contributed by atoms with Gasteiger partial charge in [-0.1, -0.05) is 13.0 Å². The molecule has 2 aromatic heterocycles. The minimum absolute atomic E-state index is 0.0781. The Bertz CT molecular complexity index is 1540.